The lowest BCUT2D eigenvalue weighted by atomic mass is 10.1. The Morgan fingerprint density at radius 2 is 1.95 bits per heavy atom. The number of nitrogens with one attached hydrogen (secondary N) is 1. The summed E-state index contributed by atoms with van der Waals surface area (Å²) in [4.78, 5) is 12.8. The van der Waals surface area contributed by atoms with Gasteiger partial charge < -0.3 is 5.32 Å². The number of aryl methyl sites for hydroxylation is 2. The molecule has 4 heteroatoms. The predicted molar refractivity (Wildman–Crippen MR) is 77.0 cm³/mol. The SMILES string of the molecule is CCc1cnc(C)nc1N[C@@H](CC)c1ccncc1. The van der Waals surface area contributed by atoms with E-state index < -0.39 is 0 Å². The first-order valence-corrected chi connectivity index (χ1v) is 6.73. The zero-order valence-electron chi connectivity index (χ0n) is 11.7. The lowest BCUT2D eigenvalue weighted by Crippen LogP contribution is -2.13. The minimum atomic E-state index is 0.252. The molecule has 0 unspecified atom stereocenters. The average Bonchev–Trinajstić information content (AvgIpc) is 2.46. The van der Waals surface area contributed by atoms with Crippen LogP contribution >= 0.6 is 0 Å². The first-order valence-electron chi connectivity index (χ1n) is 6.73. The largest absolute Gasteiger partial charge is 0.363 e. The van der Waals surface area contributed by atoms with E-state index in [1.54, 1.807) is 0 Å². The Morgan fingerprint density at radius 1 is 1.21 bits per heavy atom. The Kier molecular flexibility index (Phi) is 4.44. The van der Waals surface area contributed by atoms with Gasteiger partial charge in [0.1, 0.15) is 11.6 Å². The number of aromatic nitrogens is 3. The summed E-state index contributed by atoms with van der Waals surface area (Å²) in [5, 5.41) is 3.53. The van der Waals surface area contributed by atoms with Gasteiger partial charge in [-0.1, -0.05) is 13.8 Å². The van der Waals surface area contributed by atoms with E-state index in [0.717, 1.165) is 30.0 Å². The molecule has 0 aliphatic rings. The molecule has 2 aromatic heterocycles. The van der Waals surface area contributed by atoms with Gasteiger partial charge in [0.25, 0.3) is 0 Å². The second kappa shape index (κ2) is 6.27. The van der Waals surface area contributed by atoms with Gasteiger partial charge in [-0.05, 0) is 37.5 Å². The zero-order chi connectivity index (χ0) is 13.7. The Labute approximate surface area is 114 Å². The van der Waals surface area contributed by atoms with Crippen molar-refractivity contribution in [2.75, 3.05) is 5.32 Å². The molecule has 0 aliphatic heterocycles. The van der Waals surface area contributed by atoms with Crippen LogP contribution in [0.3, 0.4) is 0 Å². The van der Waals surface area contributed by atoms with Crippen LogP contribution in [-0.2, 0) is 6.42 Å². The highest BCUT2D eigenvalue weighted by Gasteiger charge is 2.12. The number of hydrogen-bond donors (Lipinski definition) is 1. The summed E-state index contributed by atoms with van der Waals surface area (Å²) in [6.45, 7) is 6.20. The summed E-state index contributed by atoms with van der Waals surface area (Å²) < 4.78 is 0. The average molecular weight is 256 g/mol. The maximum absolute atomic E-state index is 4.52. The van der Waals surface area contributed by atoms with Crippen LogP contribution in [0.15, 0.2) is 30.7 Å². The molecule has 1 N–H and O–H groups in total. The zero-order valence-corrected chi connectivity index (χ0v) is 11.7. The van der Waals surface area contributed by atoms with Gasteiger partial charge in [-0.2, -0.15) is 0 Å². The van der Waals surface area contributed by atoms with Crippen molar-refractivity contribution >= 4 is 5.82 Å². The molecule has 0 fully saturated rings. The van der Waals surface area contributed by atoms with E-state index in [1.165, 1.54) is 5.56 Å². The smallest absolute Gasteiger partial charge is 0.133 e. The number of rotatable bonds is 5. The third kappa shape index (κ3) is 3.28. The molecule has 0 bridgehead atoms. The van der Waals surface area contributed by atoms with Gasteiger partial charge in [-0.15, -0.1) is 0 Å². The highest BCUT2D eigenvalue weighted by atomic mass is 15.0. The van der Waals surface area contributed by atoms with E-state index in [1.807, 2.05) is 37.6 Å². The highest BCUT2D eigenvalue weighted by Crippen LogP contribution is 2.23. The van der Waals surface area contributed by atoms with Crippen molar-refractivity contribution in [3.8, 4) is 0 Å². The molecule has 2 aromatic rings. The molecule has 0 spiro atoms. The van der Waals surface area contributed by atoms with Crippen molar-refractivity contribution in [1.29, 1.82) is 0 Å². The van der Waals surface area contributed by atoms with Gasteiger partial charge in [0.15, 0.2) is 0 Å². The molecule has 0 saturated heterocycles. The number of hydrogen-bond acceptors (Lipinski definition) is 4. The van der Waals surface area contributed by atoms with Crippen molar-refractivity contribution < 1.29 is 0 Å². The van der Waals surface area contributed by atoms with Gasteiger partial charge in [0, 0.05) is 24.2 Å². The van der Waals surface area contributed by atoms with Gasteiger partial charge in [0.05, 0.1) is 6.04 Å². The normalized spacial score (nSPS) is 12.2. The van der Waals surface area contributed by atoms with Crippen LogP contribution in [0.4, 0.5) is 5.82 Å². The molecule has 0 amide bonds. The van der Waals surface area contributed by atoms with Crippen LogP contribution in [0.1, 0.15) is 43.3 Å². The minimum absolute atomic E-state index is 0.252. The van der Waals surface area contributed by atoms with Gasteiger partial charge in [-0.25, -0.2) is 9.97 Å². The van der Waals surface area contributed by atoms with E-state index in [9.17, 15) is 0 Å². The number of anilines is 1. The van der Waals surface area contributed by atoms with E-state index in [-0.39, 0.29) is 6.04 Å². The van der Waals surface area contributed by atoms with E-state index in [4.69, 9.17) is 0 Å². The van der Waals surface area contributed by atoms with Crippen LogP contribution < -0.4 is 5.32 Å². The van der Waals surface area contributed by atoms with Gasteiger partial charge in [-0.3, -0.25) is 4.98 Å². The number of nitrogens with zero attached hydrogens (tertiary/aromatic N) is 3. The first kappa shape index (κ1) is 13.5. The topological polar surface area (TPSA) is 50.7 Å². The van der Waals surface area contributed by atoms with Crippen molar-refractivity contribution in [2.45, 2.75) is 39.7 Å². The highest BCUT2D eigenvalue weighted by molar-refractivity contribution is 5.45. The molecule has 0 aromatic carbocycles. The molecule has 19 heavy (non-hydrogen) atoms. The molecule has 0 radical (unpaired) electrons. The predicted octanol–water partition coefficient (Wildman–Crippen LogP) is 3.31. The summed E-state index contributed by atoms with van der Waals surface area (Å²) >= 11 is 0. The fourth-order valence-electron chi connectivity index (χ4n) is 2.06. The van der Waals surface area contributed by atoms with Crippen LogP contribution in [0.2, 0.25) is 0 Å². The fourth-order valence-corrected chi connectivity index (χ4v) is 2.06. The molecule has 100 valence electrons. The van der Waals surface area contributed by atoms with Crippen molar-refractivity contribution in [1.82, 2.24) is 15.0 Å². The second-order valence-corrected chi connectivity index (χ2v) is 4.53. The van der Waals surface area contributed by atoms with Gasteiger partial charge in [0.2, 0.25) is 0 Å². The molecule has 1 atom stereocenters. The van der Waals surface area contributed by atoms with Crippen LogP contribution in [0.5, 0.6) is 0 Å². The molecule has 4 nitrogen and oxygen atoms in total. The molecule has 2 heterocycles. The summed E-state index contributed by atoms with van der Waals surface area (Å²) in [7, 11) is 0. The third-order valence-electron chi connectivity index (χ3n) is 3.19. The Balaban J connectivity index is 2.26. The monoisotopic (exact) mass is 256 g/mol. The summed E-state index contributed by atoms with van der Waals surface area (Å²) in [5.41, 5.74) is 2.38. The maximum atomic E-state index is 4.52. The van der Waals surface area contributed by atoms with Crippen molar-refractivity contribution in [3.63, 3.8) is 0 Å². The number of pyridine rings is 1. The van der Waals surface area contributed by atoms with Crippen LogP contribution in [-0.4, -0.2) is 15.0 Å². The lowest BCUT2D eigenvalue weighted by Gasteiger charge is -2.19. The minimum Gasteiger partial charge on any atom is -0.363 e. The van der Waals surface area contributed by atoms with Crippen LogP contribution in [0.25, 0.3) is 0 Å². The molecular weight excluding hydrogens is 236 g/mol. The lowest BCUT2D eigenvalue weighted by molar-refractivity contribution is 0.738. The fraction of sp³-hybridized carbons (Fsp3) is 0.400. The molecular formula is C15H20N4. The second-order valence-electron chi connectivity index (χ2n) is 4.53. The maximum Gasteiger partial charge on any atom is 0.133 e. The first-order chi connectivity index (χ1) is 9.24. The molecule has 0 aliphatic carbocycles. The third-order valence-corrected chi connectivity index (χ3v) is 3.19. The molecule has 2 rings (SSSR count). The van der Waals surface area contributed by atoms with E-state index >= 15 is 0 Å². The van der Waals surface area contributed by atoms with Crippen LogP contribution in [0, 0.1) is 6.92 Å². The summed E-state index contributed by atoms with van der Waals surface area (Å²) in [5.74, 6) is 1.74. The van der Waals surface area contributed by atoms with E-state index in [2.05, 4.69) is 34.1 Å². The van der Waals surface area contributed by atoms with Crippen molar-refractivity contribution in [3.05, 3.63) is 47.7 Å². The quantitative estimate of drug-likeness (QED) is 0.891. The standard InChI is InChI=1S/C15H20N4/c1-4-12-10-17-11(3)18-15(12)19-14(5-2)13-6-8-16-9-7-13/h6-10,14H,4-5H2,1-3H3,(H,17,18,19)/t14-/m0/s1. The Morgan fingerprint density at radius 3 is 2.58 bits per heavy atom. The Bertz CT molecular complexity index is 525. The van der Waals surface area contributed by atoms with Crippen molar-refractivity contribution in [2.24, 2.45) is 0 Å². The Hall–Kier alpha value is -1.97. The molecule has 0 saturated carbocycles. The van der Waals surface area contributed by atoms with E-state index in [0.29, 0.717) is 0 Å². The summed E-state index contributed by atoms with van der Waals surface area (Å²) in [6.07, 6.45) is 7.48. The van der Waals surface area contributed by atoms with Gasteiger partial charge >= 0.3 is 0 Å². The summed E-state index contributed by atoms with van der Waals surface area (Å²) in [6, 6.07) is 4.34.